The first-order valence-corrected chi connectivity index (χ1v) is 11.0. The predicted octanol–water partition coefficient (Wildman–Crippen LogP) is 4.56. The van der Waals surface area contributed by atoms with Gasteiger partial charge in [-0.05, 0) is 23.1 Å². The van der Waals surface area contributed by atoms with Crippen LogP contribution in [0.3, 0.4) is 0 Å². The average molecular weight is 427 g/mol. The molecule has 0 fully saturated rings. The van der Waals surface area contributed by atoms with Crippen LogP contribution in [0.25, 0.3) is 0 Å². The molecule has 0 aliphatic carbocycles. The summed E-state index contributed by atoms with van der Waals surface area (Å²) in [4.78, 5) is 28.3. The minimum absolute atomic E-state index is 0.0348. The van der Waals surface area contributed by atoms with E-state index in [1.807, 2.05) is 91.0 Å². The normalized spacial score (nSPS) is 11.4. The first-order valence-electron chi connectivity index (χ1n) is 11.0. The van der Waals surface area contributed by atoms with Crippen molar-refractivity contribution in [2.24, 2.45) is 0 Å². The fraction of sp³-hybridized carbons (Fsp3) is 0.214. The molecule has 0 bridgehead atoms. The zero-order valence-electron chi connectivity index (χ0n) is 18.3. The van der Waals surface area contributed by atoms with Crippen LogP contribution in [0.2, 0.25) is 0 Å². The summed E-state index contributed by atoms with van der Waals surface area (Å²) >= 11 is 0. The standard InChI is InChI=1S/C28H30N2O2/c1-2-20-29-28(32)26(21-24-14-8-4-9-15-24)30(22-25-16-10-5-11-17-25)27(31)19-18-23-12-6-3-7-13-23/h2-17,26H,1,18-22H2,(H,29,32)/t26-/m0/s1. The molecule has 4 heteroatoms. The molecule has 2 amide bonds. The Hall–Kier alpha value is -3.66. The Morgan fingerprint density at radius 2 is 1.34 bits per heavy atom. The lowest BCUT2D eigenvalue weighted by Gasteiger charge is -2.31. The lowest BCUT2D eigenvalue weighted by atomic mass is 10.0. The minimum atomic E-state index is -0.610. The van der Waals surface area contributed by atoms with Crippen LogP contribution in [0.4, 0.5) is 0 Å². The van der Waals surface area contributed by atoms with Gasteiger partial charge >= 0.3 is 0 Å². The van der Waals surface area contributed by atoms with Crippen molar-refractivity contribution < 1.29 is 9.59 Å². The summed E-state index contributed by atoms with van der Waals surface area (Å²) in [7, 11) is 0. The number of hydrogen-bond donors (Lipinski definition) is 1. The Kier molecular flexibility index (Phi) is 8.81. The van der Waals surface area contributed by atoms with Gasteiger partial charge in [-0.25, -0.2) is 0 Å². The van der Waals surface area contributed by atoms with E-state index in [0.717, 1.165) is 16.7 Å². The molecule has 1 N–H and O–H groups in total. The highest BCUT2D eigenvalue weighted by molar-refractivity contribution is 5.88. The van der Waals surface area contributed by atoms with E-state index in [-0.39, 0.29) is 11.8 Å². The predicted molar refractivity (Wildman–Crippen MR) is 129 cm³/mol. The molecular weight excluding hydrogens is 396 g/mol. The Balaban J connectivity index is 1.86. The van der Waals surface area contributed by atoms with Gasteiger partial charge in [0, 0.05) is 25.9 Å². The maximum atomic E-state index is 13.5. The van der Waals surface area contributed by atoms with Crippen molar-refractivity contribution >= 4 is 11.8 Å². The number of carbonyl (C=O) groups excluding carboxylic acids is 2. The molecule has 0 saturated heterocycles. The zero-order valence-corrected chi connectivity index (χ0v) is 18.3. The molecule has 0 aromatic heterocycles. The number of rotatable bonds is 11. The van der Waals surface area contributed by atoms with E-state index in [9.17, 15) is 9.59 Å². The summed E-state index contributed by atoms with van der Waals surface area (Å²) in [5.41, 5.74) is 3.12. The Morgan fingerprint density at radius 1 is 0.812 bits per heavy atom. The van der Waals surface area contributed by atoms with Crippen LogP contribution in [0, 0.1) is 0 Å². The van der Waals surface area contributed by atoms with E-state index >= 15 is 0 Å². The maximum Gasteiger partial charge on any atom is 0.243 e. The number of hydrogen-bond acceptors (Lipinski definition) is 2. The maximum absolute atomic E-state index is 13.5. The van der Waals surface area contributed by atoms with E-state index in [1.54, 1.807) is 11.0 Å². The molecule has 0 aliphatic heterocycles. The molecule has 3 rings (SSSR count). The van der Waals surface area contributed by atoms with Crippen LogP contribution in [0.5, 0.6) is 0 Å². The summed E-state index contributed by atoms with van der Waals surface area (Å²) in [5, 5.41) is 2.90. The zero-order chi connectivity index (χ0) is 22.6. The molecule has 0 aliphatic rings. The number of aryl methyl sites for hydroxylation is 1. The van der Waals surface area contributed by atoms with Gasteiger partial charge in [-0.15, -0.1) is 6.58 Å². The number of nitrogens with zero attached hydrogens (tertiary/aromatic N) is 1. The van der Waals surface area contributed by atoms with Crippen LogP contribution in [-0.2, 0) is 29.0 Å². The third kappa shape index (κ3) is 6.95. The molecule has 32 heavy (non-hydrogen) atoms. The van der Waals surface area contributed by atoms with Gasteiger partial charge in [0.2, 0.25) is 11.8 Å². The smallest absolute Gasteiger partial charge is 0.243 e. The lowest BCUT2D eigenvalue weighted by molar-refractivity contribution is -0.141. The van der Waals surface area contributed by atoms with E-state index in [2.05, 4.69) is 11.9 Å². The van der Waals surface area contributed by atoms with Crippen LogP contribution in [-0.4, -0.2) is 29.3 Å². The highest BCUT2D eigenvalue weighted by Gasteiger charge is 2.29. The largest absolute Gasteiger partial charge is 0.351 e. The van der Waals surface area contributed by atoms with Crippen molar-refractivity contribution in [3.8, 4) is 0 Å². The van der Waals surface area contributed by atoms with E-state index in [0.29, 0.717) is 32.4 Å². The Labute approximate surface area is 190 Å². The molecule has 3 aromatic carbocycles. The van der Waals surface area contributed by atoms with Gasteiger partial charge in [0.05, 0.1) is 0 Å². The molecule has 4 nitrogen and oxygen atoms in total. The second-order valence-electron chi connectivity index (χ2n) is 7.73. The second kappa shape index (κ2) is 12.3. The van der Waals surface area contributed by atoms with E-state index in [4.69, 9.17) is 0 Å². The highest BCUT2D eigenvalue weighted by atomic mass is 16.2. The van der Waals surface area contributed by atoms with E-state index in [1.165, 1.54) is 0 Å². The minimum Gasteiger partial charge on any atom is -0.351 e. The quantitative estimate of drug-likeness (QED) is 0.457. The van der Waals surface area contributed by atoms with Crippen LogP contribution in [0.1, 0.15) is 23.1 Å². The number of carbonyl (C=O) groups is 2. The molecule has 0 spiro atoms. The Morgan fingerprint density at radius 3 is 1.91 bits per heavy atom. The number of amides is 2. The van der Waals surface area contributed by atoms with Crippen molar-refractivity contribution in [3.63, 3.8) is 0 Å². The van der Waals surface area contributed by atoms with Crippen LogP contribution in [0.15, 0.2) is 104 Å². The highest BCUT2D eigenvalue weighted by Crippen LogP contribution is 2.17. The van der Waals surface area contributed by atoms with Gasteiger partial charge in [-0.2, -0.15) is 0 Å². The Bertz CT molecular complexity index is 988. The fourth-order valence-corrected chi connectivity index (χ4v) is 3.66. The first kappa shape index (κ1) is 23.0. The van der Waals surface area contributed by atoms with Crippen molar-refractivity contribution in [2.45, 2.75) is 31.8 Å². The summed E-state index contributed by atoms with van der Waals surface area (Å²) in [6, 6.07) is 29.0. The molecular formula is C28H30N2O2. The monoisotopic (exact) mass is 426 g/mol. The number of nitrogens with one attached hydrogen (secondary N) is 1. The second-order valence-corrected chi connectivity index (χ2v) is 7.73. The van der Waals surface area contributed by atoms with Gasteiger partial charge in [0.25, 0.3) is 0 Å². The SMILES string of the molecule is C=CCNC(=O)[C@H](Cc1ccccc1)N(Cc1ccccc1)C(=O)CCc1ccccc1. The number of benzene rings is 3. The van der Waals surface area contributed by atoms with Gasteiger partial charge < -0.3 is 10.2 Å². The molecule has 0 radical (unpaired) electrons. The first-order chi connectivity index (χ1) is 15.7. The third-order valence-electron chi connectivity index (χ3n) is 5.36. The summed E-state index contributed by atoms with van der Waals surface area (Å²) in [5.74, 6) is -0.204. The molecule has 0 heterocycles. The van der Waals surface area contributed by atoms with Crippen LogP contribution < -0.4 is 5.32 Å². The van der Waals surface area contributed by atoms with Gasteiger partial charge in [-0.1, -0.05) is 97.1 Å². The van der Waals surface area contributed by atoms with Gasteiger partial charge in [-0.3, -0.25) is 9.59 Å². The molecule has 1 atom stereocenters. The van der Waals surface area contributed by atoms with Crippen molar-refractivity contribution in [1.82, 2.24) is 10.2 Å². The lowest BCUT2D eigenvalue weighted by Crippen LogP contribution is -2.50. The summed E-state index contributed by atoms with van der Waals surface area (Å²) < 4.78 is 0. The average Bonchev–Trinajstić information content (AvgIpc) is 2.85. The molecule has 3 aromatic rings. The van der Waals surface area contributed by atoms with Gasteiger partial charge in [0.15, 0.2) is 0 Å². The third-order valence-corrected chi connectivity index (χ3v) is 5.36. The van der Waals surface area contributed by atoms with E-state index < -0.39 is 6.04 Å². The van der Waals surface area contributed by atoms with Crippen molar-refractivity contribution in [2.75, 3.05) is 6.54 Å². The van der Waals surface area contributed by atoms with Crippen molar-refractivity contribution in [1.29, 1.82) is 0 Å². The topological polar surface area (TPSA) is 49.4 Å². The summed E-state index contributed by atoms with van der Waals surface area (Å²) in [6.07, 6.45) is 3.08. The molecule has 0 unspecified atom stereocenters. The van der Waals surface area contributed by atoms with Crippen LogP contribution >= 0.6 is 0 Å². The fourth-order valence-electron chi connectivity index (χ4n) is 3.66. The summed E-state index contributed by atoms with van der Waals surface area (Å²) in [6.45, 7) is 4.44. The molecule has 164 valence electrons. The molecule has 0 saturated carbocycles. The van der Waals surface area contributed by atoms with Crippen molar-refractivity contribution in [3.05, 3.63) is 120 Å². The van der Waals surface area contributed by atoms with Gasteiger partial charge in [0.1, 0.15) is 6.04 Å².